The highest BCUT2D eigenvalue weighted by molar-refractivity contribution is 6.80. The van der Waals surface area contributed by atoms with Gasteiger partial charge >= 0.3 is 0 Å². The van der Waals surface area contributed by atoms with Gasteiger partial charge in [-0.25, -0.2) is 0 Å². The first-order valence-electron chi connectivity index (χ1n) is 8.00. The zero-order chi connectivity index (χ0) is 15.9. The topological polar surface area (TPSA) is 9.23 Å². The van der Waals surface area contributed by atoms with E-state index in [-0.39, 0.29) is 0 Å². The Hall–Kier alpha value is -2.16. The summed E-state index contributed by atoms with van der Waals surface area (Å²) in [4.78, 5) is 0. The van der Waals surface area contributed by atoms with Crippen LogP contribution in [0.5, 0.6) is 0 Å². The van der Waals surface area contributed by atoms with Crippen LogP contribution in [0.4, 0.5) is 0 Å². The van der Waals surface area contributed by atoms with Gasteiger partial charge in [-0.15, -0.1) is 0 Å². The van der Waals surface area contributed by atoms with Crippen molar-refractivity contribution in [2.24, 2.45) is 0 Å². The van der Waals surface area contributed by atoms with Gasteiger partial charge in [0, 0.05) is 6.61 Å². The van der Waals surface area contributed by atoms with Crippen LogP contribution in [0, 0.1) is 6.92 Å². The monoisotopic (exact) mass is 317 g/mol. The van der Waals surface area contributed by atoms with Crippen molar-refractivity contribution >= 4 is 19.4 Å². The van der Waals surface area contributed by atoms with Crippen LogP contribution in [0.15, 0.2) is 84.9 Å². The minimum absolute atomic E-state index is 0.753. The summed E-state index contributed by atoms with van der Waals surface area (Å²) >= 11 is 0. The van der Waals surface area contributed by atoms with Crippen LogP contribution in [0.25, 0.3) is 0 Å². The lowest BCUT2D eigenvalue weighted by atomic mass is 10.1. The molecule has 0 aliphatic rings. The molecule has 0 saturated carbocycles. The van der Waals surface area contributed by atoms with E-state index < -0.39 is 9.04 Å². The Morgan fingerprint density at radius 2 is 1.22 bits per heavy atom. The van der Waals surface area contributed by atoms with Crippen molar-refractivity contribution in [3.63, 3.8) is 0 Å². The highest BCUT2D eigenvalue weighted by Gasteiger charge is 2.18. The van der Waals surface area contributed by atoms with Gasteiger partial charge in [-0.3, -0.25) is 0 Å². The molecule has 0 aliphatic heterocycles. The Morgan fingerprint density at radius 3 is 1.78 bits per heavy atom. The van der Waals surface area contributed by atoms with Crippen molar-refractivity contribution in [2.45, 2.75) is 13.3 Å². The van der Waals surface area contributed by atoms with Gasteiger partial charge in [0.05, 0.1) is 0 Å². The predicted molar refractivity (Wildman–Crippen MR) is 98.7 cm³/mol. The lowest BCUT2D eigenvalue weighted by Crippen LogP contribution is -2.45. The average molecular weight is 317 g/mol. The first kappa shape index (κ1) is 15.7. The molecule has 1 nitrogen and oxygen atoms in total. The number of benzene rings is 3. The Morgan fingerprint density at radius 1 is 0.696 bits per heavy atom. The quantitative estimate of drug-likeness (QED) is 0.634. The third-order valence-corrected chi connectivity index (χ3v) is 6.16. The molecule has 115 valence electrons. The second kappa shape index (κ2) is 7.91. The van der Waals surface area contributed by atoms with Crippen LogP contribution in [-0.2, 0) is 10.8 Å². The minimum Gasteiger partial charge on any atom is -0.407 e. The number of aryl methyl sites for hydroxylation is 1. The van der Waals surface area contributed by atoms with E-state index in [1.54, 1.807) is 0 Å². The Balaban J connectivity index is 1.74. The van der Waals surface area contributed by atoms with E-state index in [0.717, 1.165) is 13.0 Å². The van der Waals surface area contributed by atoms with Crippen molar-refractivity contribution in [3.8, 4) is 0 Å². The van der Waals surface area contributed by atoms with E-state index in [9.17, 15) is 0 Å². The lowest BCUT2D eigenvalue weighted by Gasteiger charge is -2.16. The molecular formula is C21H21OSi. The van der Waals surface area contributed by atoms with Gasteiger partial charge < -0.3 is 4.43 Å². The summed E-state index contributed by atoms with van der Waals surface area (Å²) in [5, 5.41) is 2.60. The molecule has 23 heavy (non-hydrogen) atoms. The zero-order valence-corrected chi connectivity index (χ0v) is 14.4. The zero-order valence-electron chi connectivity index (χ0n) is 13.4. The Kier molecular flexibility index (Phi) is 5.40. The molecule has 3 aromatic carbocycles. The average Bonchev–Trinajstić information content (AvgIpc) is 2.62. The second-order valence-corrected chi connectivity index (χ2v) is 7.69. The maximum atomic E-state index is 6.38. The van der Waals surface area contributed by atoms with Gasteiger partial charge in [0.1, 0.15) is 0 Å². The van der Waals surface area contributed by atoms with Crippen molar-refractivity contribution in [1.82, 2.24) is 0 Å². The summed E-state index contributed by atoms with van der Waals surface area (Å²) in [5.74, 6) is 0. The molecule has 3 rings (SSSR count). The molecule has 1 radical (unpaired) electrons. The molecule has 0 saturated heterocycles. The SMILES string of the molecule is Cc1ccccc1CCO[Si](c1ccccc1)c1ccccc1. The predicted octanol–water partition coefficient (Wildman–Crippen LogP) is 3.36. The van der Waals surface area contributed by atoms with Gasteiger partial charge in [-0.05, 0) is 34.8 Å². The van der Waals surface area contributed by atoms with E-state index in [0.29, 0.717) is 0 Å². The molecule has 0 unspecified atom stereocenters. The summed E-state index contributed by atoms with van der Waals surface area (Å²) in [6.07, 6.45) is 0.959. The van der Waals surface area contributed by atoms with E-state index >= 15 is 0 Å². The first-order valence-corrected chi connectivity index (χ1v) is 9.40. The van der Waals surface area contributed by atoms with Gasteiger partial charge in [-0.2, -0.15) is 0 Å². The summed E-state index contributed by atoms with van der Waals surface area (Å²) in [7, 11) is -1.18. The fraction of sp³-hybridized carbons (Fsp3) is 0.143. The number of hydrogen-bond donors (Lipinski definition) is 0. The number of hydrogen-bond acceptors (Lipinski definition) is 1. The van der Waals surface area contributed by atoms with Crippen molar-refractivity contribution in [2.75, 3.05) is 6.61 Å². The van der Waals surface area contributed by atoms with E-state index in [1.807, 2.05) is 0 Å². The van der Waals surface area contributed by atoms with Crippen LogP contribution >= 0.6 is 0 Å². The van der Waals surface area contributed by atoms with Crippen LogP contribution in [0.2, 0.25) is 0 Å². The third-order valence-electron chi connectivity index (χ3n) is 3.95. The molecule has 0 N–H and O–H groups in total. The highest BCUT2D eigenvalue weighted by atomic mass is 28.3. The molecule has 0 spiro atoms. The van der Waals surface area contributed by atoms with Crippen molar-refractivity contribution < 1.29 is 4.43 Å². The lowest BCUT2D eigenvalue weighted by molar-refractivity contribution is 0.337. The molecule has 0 bridgehead atoms. The minimum atomic E-state index is -1.18. The van der Waals surface area contributed by atoms with E-state index in [1.165, 1.54) is 21.5 Å². The van der Waals surface area contributed by atoms with Crippen LogP contribution in [0.1, 0.15) is 11.1 Å². The Labute approximate surface area is 140 Å². The third kappa shape index (κ3) is 4.18. The molecule has 0 atom stereocenters. The maximum Gasteiger partial charge on any atom is 0.282 e. The van der Waals surface area contributed by atoms with Crippen LogP contribution < -0.4 is 10.4 Å². The summed E-state index contributed by atoms with van der Waals surface area (Å²) in [5.41, 5.74) is 2.71. The molecule has 0 fully saturated rings. The van der Waals surface area contributed by atoms with E-state index in [4.69, 9.17) is 4.43 Å². The summed E-state index contributed by atoms with van der Waals surface area (Å²) in [6, 6.07) is 29.7. The molecule has 2 heteroatoms. The fourth-order valence-electron chi connectivity index (χ4n) is 2.67. The Bertz CT molecular complexity index is 686. The summed E-state index contributed by atoms with van der Waals surface area (Å²) in [6.45, 7) is 2.92. The van der Waals surface area contributed by atoms with Gasteiger partial charge in [-0.1, -0.05) is 84.9 Å². The smallest absolute Gasteiger partial charge is 0.282 e. The first-order chi connectivity index (χ1) is 11.3. The van der Waals surface area contributed by atoms with Gasteiger partial charge in [0.15, 0.2) is 0 Å². The standard InChI is InChI=1S/C21H21OSi/c1-18-10-8-9-11-19(18)16-17-22-23(20-12-4-2-5-13-20)21-14-6-3-7-15-21/h2-15H,16-17H2,1H3. The van der Waals surface area contributed by atoms with Gasteiger partial charge in [0.25, 0.3) is 9.04 Å². The van der Waals surface area contributed by atoms with Gasteiger partial charge in [0.2, 0.25) is 0 Å². The molecular weight excluding hydrogens is 296 g/mol. The van der Waals surface area contributed by atoms with Crippen LogP contribution in [0.3, 0.4) is 0 Å². The van der Waals surface area contributed by atoms with E-state index in [2.05, 4.69) is 91.9 Å². The fourth-order valence-corrected chi connectivity index (χ4v) is 4.63. The van der Waals surface area contributed by atoms with Crippen LogP contribution in [-0.4, -0.2) is 15.6 Å². The number of rotatable bonds is 6. The molecule has 3 aromatic rings. The maximum absolute atomic E-state index is 6.38. The molecule has 0 aromatic heterocycles. The highest BCUT2D eigenvalue weighted by Crippen LogP contribution is 2.08. The molecule has 0 amide bonds. The van der Waals surface area contributed by atoms with Crippen molar-refractivity contribution in [1.29, 1.82) is 0 Å². The molecule has 0 heterocycles. The largest absolute Gasteiger partial charge is 0.407 e. The van der Waals surface area contributed by atoms with Crippen molar-refractivity contribution in [3.05, 3.63) is 96.1 Å². The molecule has 0 aliphatic carbocycles. The summed E-state index contributed by atoms with van der Waals surface area (Å²) < 4.78 is 6.38. The normalized spacial score (nSPS) is 10.9. The second-order valence-electron chi connectivity index (χ2n) is 5.59.